The van der Waals surface area contributed by atoms with Crippen molar-refractivity contribution in [3.63, 3.8) is 0 Å². The molecule has 1 aromatic rings. The Morgan fingerprint density at radius 3 is 2.70 bits per heavy atom. The summed E-state index contributed by atoms with van der Waals surface area (Å²) in [4.78, 5) is 4.01. The van der Waals surface area contributed by atoms with Gasteiger partial charge in [0.2, 0.25) is 0 Å². The first kappa shape index (κ1) is 16.0. The number of hydrogen-bond donors (Lipinski definition) is 1. The molecule has 3 heteroatoms. The van der Waals surface area contributed by atoms with Crippen LogP contribution in [0.2, 0.25) is 0 Å². The van der Waals surface area contributed by atoms with E-state index in [2.05, 4.69) is 48.6 Å². The molecule has 0 bridgehead atoms. The summed E-state index contributed by atoms with van der Waals surface area (Å²) < 4.78 is 0. The van der Waals surface area contributed by atoms with Gasteiger partial charge in [-0.1, -0.05) is 19.4 Å². The first-order valence-corrected chi connectivity index (χ1v) is 9.05. The molecular weight excluding hydrogens is 264 g/mol. The molecule has 1 aliphatic rings. The van der Waals surface area contributed by atoms with Crippen LogP contribution >= 0.6 is 11.3 Å². The lowest BCUT2D eigenvalue weighted by Crippen LogP contribution is -2.39. The maximum absolute atomic E-state index is 3.64. The van der Waals surface area contributed by atoms with Crippen LogP contribution in [0.4, 0.5) is 0 Å². The fourth-order valence-corrected chi connectivity index (χ4v) is 4.03. The van der Waals surface area contributed by atoms with Crippen molar-refractivity contribution in [3.8, 4) is 0 Å². The predicted octanol–water partition coefficient (Wildman–Crippen LogP) is 4.30. The van der Waals surface area contributed by atoms with E-state index in [1.165, 1.54) is 37.0 Å². The third-order valence-electron chi connectivity index (χ3n) is 4.90. The van der Waals surface area contributed by atoms with Gasteiger partial charge in [-0.3, -0.25) is 0 Å². The third-order valence-corrected chi connectivity index (χ3v) is 5.96. The maximum Gasteiger partial charge on any atom is 0.0386 e. The second kappa shape index (κ2) is 8.16. The topological polar surface area (TPSA) is 15.3 Å². The Balaban J connectivity index is 1.64. The Morgan fingerprint density at radius 2 is 2.10 bits per heavy atom. The van der Waals surface area contributed by atoms with Gasteiger partial charge in [0.1, 0.15) is 0 Å². The average Bonchev–Trinajstić information content (AvgIpc) is 3.01. The summed E-state index contributed by atoms with van der Waals surface area (Å²) in [5.41, 5.74) is 0. The molecule has 0 aliphatic heterocycles. The fraction of sp³-hybridized carbons (Fsp3) is 0.765. The van der Waals surface area contributed by atoms with Crippen LogP contribution in [0.1, 0.15) is 56.9 Å². The minimum Gasteiger partial charge on any atom is -0.308 e. The Labute approximate surface area is 128 Å². The molecule has 1 unspecified atom stereocenters. The van der Waals surface area contributed by atoms with Crippen molar-refractivity contribution in [1.29, 1.82) is 0 Å². The van der Waals surface area contributed by atoms with Gasteiger partial charge in [-0.05, 0) is 57.0 Å². The Hall–Kier alpha value is -0.380. The molecule has 114 valence electrons. The van der Waals surface area contributed by atoms with E-state index in [9.17, 15) is 0 Å². The lowest BCUT2D eigenvalue weighted by Gasteiger charge is -2.34. The zero-order valence-electron chi connectivity index (χ0n) is 13.3. The summed E-state index contributed by atoms with van der Waals surface area (Å²) in [5, 5.41) is 5.80. The van der Waals surface area contributed by atoms with Crippen molar-refractivity contribution in [3.05, 3.63) is 22.4 Å². The van der Waals surface area contributed by atoms with Crippen LogP contribution in [0.5, 0.6) is 0 Å². The largest absolute Gasteiger partial charge is 0.308 e. The number of rotatable bonds is 7. The Bertz CT molecular complexity index is 355. The van der Waals surface area contributed by atoms with E-state index in [1.807, 2.05) is 11.3 Å². The molecule has 1 heterocycles. The highest BCUT2D eigenvalue weighted by atomic mass is 32.1. The van der Waals surface area contributed by atoms with Crippen LogP contribution in [-0.2, 0) is 0 Å². The number of likely N-dealkylation sites (N-methyl/N-ethyl adjacent to an activating group) is 1. The first-order chi connectivity index (χ1) is 9.70. The number of hydrogen-bond acceptors (Lipinski definition) is 3. The zero-order chi connectivity index (χ0) is 14.4. The molecule has 1 fully saturated rings. The Kier molecular flexibility index (Phi) is 6.53. The predicted molar refractivity (Wildman–Crippen MR) is 89.4 cm³/mol. The summed E-state index contributed by atoms with van der Waals surface area (Å²) >= 11 is 1.84. The van der Waals surface area contributed by atoms with E-state index in [0.717, 1.165) is 25.0 Å². The van der Waals surface area contributed by atoms with E-state index in [0.29, 0.717) is 6.04 Å². The molecule has 1 aromatic heterocycles. The minimum absolute atomic E-state index is 0.485. The molecule has 20 heavy (non-hydrogen) atoms. The molecule has 0 spiro atoms. The van der Waals surface area contributed by atoms with Gasteiger partial charge in [-0.15, -0.1) is 11.3 Å². The van der Waals surface area contributed by atoms with Crippen LogP contribution in [-0.4, -0.2) is 31.1 Å². The molecule has 1 N–H and O–H groups in total. The zero-order valence-corrected chi connectivity index (χ0v) is 14.1. The average molecular weight is 295 g/mol. The fourth-order valence-electron chi connectivity index (χ4n) is 3.27. The number of nitrogens with one attached hydrogen (secondary N) is 1. The highest BCUT2D eigenvalue weighted by molar-refractivity contribution is 7.10. The molecule has 1 atom stereocenters. The summed E-state index contributed by atoms with van der Waals surface area (Å²) in [6.45, 7) is 6.85. The first-order valence-electron chi connectivity index (χ1n) is 8.17. The van der Waals surface area contributed by atoms with E-state index in [1.54, 1.807) is 0 Å². The van der Waals surface area contributed by atoms with Gasteiger partial charge in [0.15, 0.2) is 0 Å². The van der Waals surface area contributed by atoms with Crippen LogP contribution in [0.15, 0.2) is 17.5 Å². The summed E-state index contributed by atoms with van der Waals surface area (Å²) in [5.74, 6) is 0.997. The highest BCUT2D eigenvalue weighted by Crippen LogP contribution is 2.28. The van der Waals surface area contributed by atoms with E-state index >= 15 is 0 Å². The molecule has 2 rings (SSSR count). The molecule has 0 aromatic carbocycles. The van der Waals surface area contributed by atoms with Crippen molar-refractivity contribution in [2.45, 2.75) is 58.0 Å². The van der Waals surface area contributed by atoms with Crippen molar-refractivity contribution >= 4 is 11.3 Å². The molecule has 1 saturated carbocycles. The second-order valence-corrected chi connectivity index (χ2v) is 7.23. The van der Waals surface area contributed by atoms with Gasteiger partial charge in [0.05, 0.1) is 0 Å². The van der Waals surface area contributed by atoms with Crippen molar-refractivity contribution < 1.29 is 0 Å². The Morgan fingerprint density at radius 1 is 1.35 bits per heavy atom. The lowest BCUT2D eigenvalue weighted by molar-refractivity contribution is 0.163. The molecule has 1 aliphatic carbocycles. The minimum atomic E-state index is 0.485. The SMILES string of the molecule is CCC1CCC(N(C)CCNC(C)c2cccs2)CC1. The van der Waals surface area contributed by atoms with E-state index in [-0.39, 0.29) is 0 Å². The van der Waals surface area contributed by atoms with Gasteiger partial charge in [0.25, 0.3) is 0 Å². The molecule has 0 saturated heterocycles. The highest BCUT2D eigenvalue weighted by Gasteiger charge is 2.22. The van der Waals surface area contributed by atoms with Gasteiger partial charge in [-0.25, -0.2) is 0 Å². The van der Waals surface area contributed by atoms with Crippen LogP contribution in [0.3, 0.4) is 0 Å². The van der Waals surface area contributed by atoms with Gasteiger partial charge in [-0.2, -0.15) is 0 Å². The third kappa shape index (κ3) is 4.57. The maximum atomic E-state index is 3.64. The number of nitrogens with zero attached hydrogens (tertiary/aromatic N) is 1. The molecular formula is C17H30N2S. The van der Waals surface area contributed by atoms with Gasteiger partial charge in [0, 0.05) is 30.1 Å². The normalized spacial score (nSPS) is 25.0. The molecule has 0 amide bonds. The van der Waals surface area contributed by atoms with Crippen LogP contribution in [0.25, 0.3) is 0 Å². The van der Waals surface area contributed by atoms with E-state index < -0.39 is 0 Å². The number of thiophene rings is 1. The van der Waals surface area contributed by atoms with Crippen molar-refractivity contribution in [2.24, 2.45) is 5.92 Å². The van der Waals surface area contributed by atoms with Crippen molar-refractivity contribution in [1.82, 2.24) is 10.2 Å². The smallest absolute Gasteiger partial charge is 0.0386 e. The van der Waals surface area contributed by atoms with Gasteiger partial charge >= 0.3 is 0 Å². The second-order valence-electron chi connectivity index (χ2n) is 6.25. The van der Waals surface area contributed by atoms with Crippen molar-refractivity contribution in [2.75, 3.05) is 20.1 Å². The monoisotopic (exact) mass is 294 g/mol. The van der Waals surface area contributed by atoms with Gasteiger partial charge < -0.3 is 10.2 Å². The van der Waals surface area contributed by atoms with E-state index in [4.69, 9.17) is 0 Å². The quantitative estimate of drug-likeness (QED) is 0.806. The summed E-state index contributed by atoms with van der Waals surface area (Å²) in [6, 6.07) is 5.66. The lowest BCUT2D eigenvalue weighted by atomic mass is 9.84. The standard InChI is InChI=1S/C17H30N2S/c1-4-15-7-9-16(10-8-15)19(3)12-11-18-14(2)17-6-5-13-20-17/h5-6,13-16,18H,4,7-12H2,1-3H3. The summed E-state index contributed by atoms with van der Waals surface area (Å²) in [7, 11) is 2.30. The van der Waals surface area contributed by atoms with Crippen LogP contribution in [0, 0.1) is 5.92 Å². The molecule has 0 radical (unpaired) electrons. The molecule has 2 nitrogen and oxygen atoms in total. The summed E-state index contributed by atoms with van der Waals surface area (Å²) in [6.07, 6.45) is 7.04. The van der Waals surface area contributed by atoms with Crippen LogP contribution < -0.4 is 5.32 Å².